The average molecular weight is 260 g/mol. The summed E-state index contributed by atoms with van der Waals surface area (Å²) in [5, 5.41) is 10.3. The highest BCUT2D eigenvalue weighted by atomic mass is 16.8. The Morgan fingerprint density at radius 2 is 1.67 bits per heavy atom. The van der Waals surface area contributed by atoms with Gasteiger partial charge >= 0.3 is 0 Å². The molecule has 0 amide bonds. The highest BCUT2D eigenvalue weighted by Gasteiger charge is 2.57. The molecule has 0 bridgehead atoms. The van der Waals surface area contributed by atoms with Crippen LogP contribution in [0.2, 0.25) is 0 Å². The fourth-order valence-corrected chi connectivity index (χ4v) is 2.70. The molecule has 0 aromatic rings. The number of hydrogen-bond acceptors (Lipinski definition) is 6. The molecule has 3 heterocycles. The van der Waals surface area contributed by atoms with Gasteiger partial charge in [-0.2, -0.15) is 0 Å². The Balaban J connectivity index is 1.68. The van der Waals surface area contributed by atoms with Crippen LogP contribution in [-0.4, -0.2) is 54.0 Å². The van der Waals surface area contributed by atoms with Crippen molar-refractivity contribution in [1.29, 1.82) is 0 Å². The van der Waals surface area contributed by atoms with Crippen molar-refractivity contribution < 1.29 is 28.8 Å². The predicted molar refractivity (Wildman–Crippen MR) is 59.6 cm³/mol. The van der Waals surface area contributed by atoms with Gasteiger partial charge in [-0.3, -0.25) is 0 Å². The monoisotopic (exact) mass is 260 g/mol. The normalized spacial score (nSPS) is 49.5. The Bertz CT molecular complexity index is 341. The summed E-state index contributed by atoms with van der Waals surface area (Å²) in [5.41, 5.74) is 0. The van der Waals surface area contributed by atoms with Crippen molar-refractivity contribution in [3.05, 3.63) is 0 Å². The van der Waals surface area contributed by atoms with Crippen LogP contribution in [0, 0.1) is 0 Å². The van der Waals surface area contributed by atoms with Crippen molar-refractivity contribution in [3.63, 3.8) is 0 Å². The van der Waals surface area contributed by atoms with Crippen LogP contribution >= 0.6 is 0 Å². The largest absolute Gasteiger partial charge is 0.387 e. The van der Waals surface area contributed by atoms with Crippen molar-refractivity contribution in [2.45, 2.75) is 70.0 Å². The molecule has 18 heavy (non-hydrogen) atoms. The number of ether oxygens (including phenoxy) is 5. The van der Waals surface area contributed by atoms with Gasteiger partial charge in [0, 0.05) is 0 Å². The molecule has 0 saturated carbocycles. The molecule has 3 fully saturated rings. The Hall–Kier alpha value is -0.240. The first kappa shape index (κ1) is 12.8. The second kappa shape index (κ2) is 3.88. The molecular formula is C12H20O6. The van der Waals surface area contributed by atoms with E-state index in [9.17, 15) is 5.11 Å². The molecule has 1 N–H and O–H groups in total. The Morgan fingerprint density at radius 3 is 2.22 bits per heavy atom. The van der Waals surface area contributed by atoms with Crippen LogP contribution in [0.5, 0.6) is 0 Å². The molecule has 3 rings (SSSR count). The summed E-state index contributed by atoms with van der Waals surface area (Å²) in [6.45, 7) is 7.68. The first-order valence-corrected chi connectivity index (χ1v) is 6.28. The van der Waals surface area contributed by atoms with Crippen LogP contribution in [0.25, 0.3) is 0 Å². The van der Waals surface area contributed by atoms with Crippen molar-refractivity contribution in [3.8, 4) is 0 Å². The molecule has 0 aromatic carbocycles. The number of aliphatic hydroxyl groups excluding tert-OH is 1. The Morgan fingerprint density at radius 1 is 0.944 bits per heavy atom. The molecule has 6 nitrogen and oxygen atoms in total. The van der Waals surface area contributed by atoms with Gasteiger partial charge in [-0.25, -0.2) is 0 Å². The van der Waals surface area contributed by atoms with Crippen LogP contribution in [0.15, 0.2) is 0 Å². The van der Waals surface area contributed by atoms with E-state index in [4.69, 9.17) is 23.7 Å². The second-order valence-electron chi connectivity index (χ2n) is 5.93. The molecule has 3 saturated heterocycles. The summed E-state index contributed by atoms with van der Waals surface area (Å²) in [6.07, 6.45) is -2.53. The van der Waals surface area contributed by atoms with Gasteiger partial charge in [0.25, 0.3) is 0 Å². The minimum Gasteiger partial charge on any atom is -0.387 e. The molecule has 3 unspecified atom stereocenters. The average Bonchev–Trinajstić information content (AvgIpc) is 2.81. The van der Waals surface area contributed by atoms with Gasteiger partial charge in [0.2, 0.25) is 0 Å². The quantitative estimate of drug-likeness (QED) is 0.735. The third-order valence-corrected chi connectivity index (χ3v) is 3.45. The van der Waals surface area contributed by atoms with Crippen LogP contribution in [0.1, 0.15) is 27.7 Å². The van der Waals surface area contributed by atoms with Crippen LogP contribution in [0.4, 0.5) is 0 Å². The summed E-state index contributed by atoms with van der Waals surface area (Å²) in [7, 11) is 0. The van der Waals surface area contributed by atoms with Gasteiger partial charge in [-0.05, 0) is 27.7 Å². The minimum atomic E-state index is -0.765. The topological polar surface area (TPSA) is 66.4 Å². The van der Waals surface area contributed by atoms with E-state index in [2.05, 4.69) is 0 Å². The van der Waals surface area contributed by atoms with Gasteiger partial charge in [-0.1, -0.05) is 0 Å². The standard InChI is InChI=1S/C12H20O6/c1-11(2)14-5-6(16-11)8-7(13)9-10(15-8)18-12(3,4)17-9/h6-10,13H,5H2,1-4H3/t6?,7?,8?,9-,10-/m1/s1. The highest BCUT2D eigenvalue weighted by molar-refractivity contribution is 4.97. The first-order valence-electron chi connectivity index (χ1n) is 6.28. The van der Waals surface area contributed by atoms with Crippen molar-refractivity contribution >= 4 is 0 Å². The number of fused-ring (bicyclic) bond motifs is 1. The summed E-state index contributed by atoms with van der Waals surface area (Å²) in [6, 6.07) is 0. The first-order chi connectivity index (χ1) is 8.27. The van der Waals surface area contributed by atoms with Crippen LogP contribution in [0.3, 0.4) is 0 Å². The molecular weight excluding hydrogens is 240 g/mol. The third kappa shape index (κ3) is 2.07. The van der Waals surface area contributed by atoms with E-state index in [0.717, 1.165) is 0 Å². The zero-order valence-electron chi connectivity index (χ0n) is 11.1. The molecule has 3 aliphatic rings. The molecule has 3 aliphatic heterocycles. The smallest absolute Gasteiger partial charge is 0.190 e. The van der Waals surface area contributed by atoms with Gasteiger partial charge in [-0.15, -0.1) is 0 Å². The van der Waals surface area contributed by atoms with Gasteiger partial charge in [0.1, 0.15) is 24.4 Å². The summed E-state index contributed by atoms with van der Waals surface area (Å²) < 4.78 is 28.1. The van der Waals surface area contributed by atoms with E-state index in [1.54, 1.807) is 13.8 Å². The summed E-state index contributed by atoms with van der Waals surface area (Å²) in [4.78, 5) is 0. The summed E-state index contributed by atoms with van der Waals surface area (Å²) >= 11 is 0. The lowest BCUT2D eigenvalue weighted by atomic mass is 10.1. The van der Waals surface area contributed by atoms with E-state index in [-0.39, 0.29) is 6.10 Å². The fourth-order valence-electron chi connectivity index (χ4n) is 2.70. The minimum absolute atomic E-state index is 0.295. The lowest BCUT2D eigenvalue weighted by Gasteiger charge is -2.26. The van der Waals surface area contributed by atoms with E-state index in [1.165, 1.54) is 0 Å². The van der Waals surface area contributed by atoms with Crippen LogP contribution in [-0.2, 0) is 23.7 Å². The molecule has 104 valence electrons. The summed E-state index contributed by atoms with van der Waals surface area (Å²) in [5.74, 6) is -1.35. The Labute approximate surface area is 106 Å². The van der Waals surface area contributed by atoms with Gasteiger partial charge < -0.3 is 28.8 Å². The van der Waals surface area contributed by atoms with E-state index >= 15 is 0 Å². The van der Waals surface area contributed by atoms with Crippen molar-refractivity contribution in [2.75, 3.05) is 6.61 Å². The van der Waals surface area contributed by atoms with E-state index < -0.39 is 36.2 Å². The van der Waals surface area contributed by atoms with E-state index in [0.29, 0.717) is 6.61 Å². The number of rotatable bonds is 1. The highest BCUT2D eigenvalue weighted by Crippen LogP contribution is 2.40. The van der Waals surface area contributed by atoms with Crippen molar-refractivity contribution in [2.24, 2.45) is 0 Å². The molecule has 0 spiro atoms. The molecule has 5 atom stereocenters. The zero-order chi connectivity index (χ0) is 13.1. The molecule has 0 aromatic heterocycles. The van der Waals surface area contributed by atoms with E-state index in [1.807, 2.05) is 13.8 Å². The van der Waals surface area contributed by atoms with Crippen molar-refractivity contribution in [1.82, 2.24) is 0 Å². The lowest BCUT2D eigenvalue weighted by molar-refractivity contribution is -0.232. The zero-order valence-corrected chi connectivity index (χ0v) is 11.1. The molecule has 6 heteroatoms. The maximum absolute atomic E-state index is 10.3. The Kier molecular flexibility index (Phi) is 2.75. The second-order valence-corrected chi connectivity index (χ2v) is 5.93. The van der Waals surface area contributed by atoms with Gasteiger partial charge in [0.05, 0.1) is 6.61 Å². The lowest BCUT2D eigenvalue weighted by Crippen LogP contribution is -2.42. The SMILES string of the molecule is CC1(C)OCC(C2O[C@@H]3OC(C)(C)O[C@@H]3C2O)O1. The number of aliphatic hydroxyl groups is 1. The number of hydrogen-bond donors (Lipinski definition) is 1. The molecule has 0 aliphatic carbocycles. The maximum atomic E-state index is 10.3. The maximum Gasteiger partial charge on any atom is 0.190 e. The fraction of sp³-hybridized carbons (Fsp3) is 1.00. The third-order valence-electron chi connectivity index (χ3n) is 3.45. The predicted octanol–water partition coefficient (Wildman–Crippen LogP) is 0.375. The van der Waals surface area contributed by atoms with Crippen LogP contribution < -0.4 is 0 Å². The van der Waals surface area contributed by atoms with Gasteiger partial charge in [0.15, 0.2) is 17.9 Å². The molecule has 0 radical (unpaired) electrons.